The number of nitrogens with zero attached hydrogens (tertiary/aromatic N) is 1. The van der Waals surface area contributed by atoms with Crippen LogP contribution < -0.4 is 19.1 Å². The first-order chi connectivity index (χ1) is 16.6. The molecule has 1 aliphatic heterocycles. The summed E-state index contributed by atoms with van der Waals surface area (Å²) >= 11 is 2.15. The van der Waals surface area contributed by atoms with Crippen molar-refractivity contribution < 1.29 is 22.7 Å². The molecule has 0 aliphatic carbocycles. The van der Waals surface area contributed by atoms with Crippen molar-refractivity contribution in [3.63, 3.8) is 0 Å². The largest absolute Gasteiger partial charge is 0.497 e. The Morgan fingerprint density at radius 1 is 1.11 bits per heavy atom. The third kappa shape index (κ3) is 5.72. The van der Waals surface area contributed by atoms with E-state index >= 15 is 0 Å². The highest BCUT2D eigenvalue weighted by Crippen LogP contribution is 2.41. The second-order valence-electron chi connectivity index (χ2n) is 8.89. The van der Waals surface area contributed by atoms with Crippen LogP contribution in [-0.2, 0) is 14.8 Å². The van der Waals surface area contributed by atoms with E-state index in [1.54, 1.807) is 37.4 Å². The summed E-state index contributed by atoms with van der Waals surface area (Å²) in [6, 6.07) is 20.3. The molecule has 3 aromatic carbocycles. The van der Waals surface area contributed by atoms with Crippen molar-refractivity contribution in [3.8, 4) is 11.5 Å². The predicted octanol–water partition coefficient (Wildman–Crippen LogP) is 4.91. The molecule has 184 valence electrons. The summed E-state index contributed by atoms with van der Waals surface area (Å²) in [5.41, 5.74) is 0.702. The zero-order valence-electron chi connectivity index (χ0n) is 19.7. The highest BCUT2D eigenvalue weighted by molar-refractivity contribution is 14.1. The lowest BCUT2D eigenvalue weighted by Gasteiger charge is -2.38. The zero-order valence-corrected chi connectivity index (χ0v) is 22.7. The average Bonchev–Trinajstić information content (AvgIpc) is 2.83. The molecule has 0 bridgehead atoms. The Kier molecular flexibility index (Phi) is 7.27. The van der Waals surface area contributed by atoms with Crippen molar-refractivity contribution in [1.82, 2.24) is 5.32 Å². The topological polar surface area (TPSA) is 84.9 Å². The van der Waals surface area contributed by atoms with Crippen molar-refractivity contribution in [2.75, 3.05) is 18.0 Å². The van der Waals surface area contributed by atoms with Gasteiger partial charge in [-0.25, -0.2) is 8.42 Å². The number of ether oxygens (including phenoxy) is 2. The molecule has 1 atom stereocenters. The van der Waals surface area contributed by atoms with E-state index in [1.165, 1.54) is 12.1 Å². The smallest absolute Gasteiger partial charge is 0.264 e. The second-order valence-corrected chi connectivity index (χ2v) is 12.0. The van der Waals surface area contributed by atoms with Gasteiger partial charge in [0.15, 0.2) is 0 Å². The van der Waals surface area contributed by atoms with Crippen LogP contribution in [-0.4, -0.2) is 33.6 Å². The lowest BCUT2D eigenvalue weighted by atomic mass is 9.89. The molecule has 1 N–H and O–H groups in total. The Balaban J connectivity index is 1.65. The molecule has 0 radical (unpaired) electrons. The zero-order chi connectivity index (χ0) is 25.2. The molecule has 0 aromatic heterocycles. The minimum absolute atomic E-state index is 0.119. The Bertz CT molecular complexity index is 1310. The monoisotopic (exact) mass is 606 g/mol. The molecule has 0 saturated carbocycles. The van der Waals surface area contributed by atoms with Gasteiger partial charge in [-0.05, 0) is 91.0 Å². The number of hydrogen-bond donors (Lipinski definition) is 1. The fourth-order valence-electron chi connectivity index (χ4n) is 4.10. The third-order valence-corrected chi connectivity index (χ3v) is 8.25. The minimum atomic E-state index is -3.97. The van der Waals surface area contributed by atoms with Crippen LogP contribution in [0.25, 0.3) is 0 Å². The van der Waals surface area contributed by atoms with Gasteiger partial charge in [0.1, 0.15) is 23.6 Å². The highest BCUT2D eigenvalue weighted by atomic mass is 127. The molecule has 35 heavy (non-hydrogen) atoms. The second kappa shape index (κ2) is 10.1. The van der Waals surface area contributed by atoms with Gasteiger partial charge in [0.05, 0.1) is 23.7 Å². The quantitative estimate of drug-likeness (QED) is 0.387. The molecule has 1 heterocycles. The van der Waals surface area contributed by atoms with Gasteiger partial charge in [0.2, 0.25) is 5.91 Å². The van der Waals surface area contributed by atoms with Gasteiger partial charge < -0.3 is 14.8 Å². The molecule has 1 amide bonds. The number of benzene rings is 3. The number of hydrogen-bond acceptors (Lipinski definition) is 5. The van der Waals surface area contributed by atoms with Crippen LogP contribution in [0.15, 0.2) is 77.7 Å². The number of rotatable bonds is 7. The van der Waals surface area contributed by atoms with Gasteiger partial charge in [0, 0.05) is 15.6 Å². The summed E-state index contributed by atoms with van der Waals surface area (Å²) in [6.07, 6.45) is 0.522. The average molecular weight is 606 g/mol. The standard InChI is InChI=1S/C26H27IN2O5S/c1-26(2)16-23(22-15-20(33-3)13-14-24(22)34-26)28-25(30)17-29(19-11-9-18(27)10-12-19)35(31,32)21-7-5-4-6-8-21/h4-15,23H,16-17H2,1-3H3,(H,28,30). The normalized spacial score (nSPS) is 16.5. The Morgan fingerprint density at radius 2 is 1.80 bits per heavy atom. The van der Waals surface area contributed by atoms with E-state index in [1.807, 2.05) is 44.2 Å². The summed E-state index contributed by atoms with van der Waals surface area (Å²) in [4.78, 5) is 13.4. The minimum Gasteiger partial charge on any atom is -0.497 e. The first kappa shape index (κ1) is 25.3. The van der Waals surface area contributed by atoms with E-state index in [0.29, 0.717) is 23.6 Å². The molecule has 4 rings (SSSR count). The summed E-state index contributed by atoms with van der Waals surface area (Å²) in [6.45, 7) is 3.54. The Labute approximate surface area is 219 Å². The number of halogens is 1. The van der Waals surface area contributed by atoms with Crippen molar-refractivity contribution in [2.24, 2.45) is 0 Å². The fraction of sp³-hybridized carbons (Fsp3) is 0.269. The van der Waals surface area contributed by atoms with E-state index in [-0.39, 0.29) is 17.5 Å². The molecule has 0 spiro atoms. The van der Waals surface area contributed by atoms with Gasteiger partial charge in [-0.3, -0.25) is 9.10 Å². The number of nitrogens with one attached hydrogen (secondary N) is 1. The van der Waals surface area contributed by atoms with E-state index in [0.717, 1.165) is 13.4 Å². The highest BCUT2D eigenvalue weighted by Gasteiger charge is 2.36. The van der Waals surface area contributed by atoms with Crippen LogP contribution in [0.1, 0.15) is 31.9 Å². The van der Waals surface area contributed by atoms with Gasteiger partial charge in [0.25, 0.3) is 10.0 Å². The van der Waals surface area contributed by atoms with Crippen LogP contribution in [0, 0.1) is 3.57 Å². The van der Waals surface area contributed by atoms with Gasteiger partial charge in [-0.15, -0.1) is 0 Å². The molecule has 1 unspecified atom stereocenters. The molecule has 3 aromatic rings. The summed E-state index contributed by atoms with van der Waals surface area (Å²) in [5.74, 6) is 0.900. The predicted molar refractivity (Wildman–Crippen MR) is 143 cm³/mol. The number of methoxy groups -OCH3 is 1. The molecule has 7 nitrogen and oxygen atoms in total. The summed E-state index contributed by atoms with van der Waals surface area (Å²) < 4.78 is 40.6. The van der Waals surface area contributed by atoms with E-state index in [9.17, 15) is 13.2 Å². The van der Waals surface area contributed by atoms with Crippen LogP contribution in [0.3, 0.4) is 0 Å². The van der Waals surface area contributed by atoms with Crippen molar-refractivity contribution in [2.45, 2.75) is 36.8 Å². The number of sulfonamides is 1. The van der Waals surface area contributed by atoms with Gasteiger partial charge in [-0.1, -0.05) is 18.2 Å². The Hall–Kier alpha value is -2.79. The molecule has 0 fully saturated rings. The maximum atomic E-state index is 13.5. The maximum absolute atomic E-state index is 13.5. The van der Waals surface area contributed by atoms with Crippen LogP contribution in [0.4, 0.5) is 5.69 Å². The fourth-order valence-corrected chi connectivity index (χ4v) is 5.90. The van der Waals surface area contributed by atoms with E-state index in [4.69, 9.17) is 9.47 Å². The first-order valence-corrected chi connectivity index (χ1v) is 13.6. The first-order valence-electron chi connectivity index (χ1n) is 11.1. The van der Waals surface area contributed by atoms with Gasteiger partial charge in [-0.2, -0.15) is 0 Å². The number of anilines is 1. The van der Waals surface area contributed by atoms with Crippen molar-refractivity contribution in [1.29, 1.82) is 0 Å². The number of fused-ring (bicyclic) bond motifs is 1. The van der Waals surface area contributed by atoms with Crippen LogP contribution >= 0.6 is 22.6 Å². The molecule has 0 saturated heterocycles. The number of carbonyl (C=O) groups excluding carboxylic acids is 1. The number of carbonyl (C=O) groups is 1. The molecule has 1 aliphatic rings. The lowest BCUT2D eigenvalue weighted by molar-refractivity contribution is -0.120. The molecule has 9 heteroatoms. The third-order valence-electron chi connectivity index (χ3n) is 5.74. The summed E-state index contributed by atoms with van der Waals surface area (Å²) in [5, 5.41) is 3.04. The van der Waals surface area contributed by atoms with Crippen LogP contribution in [0.5, 0.6) is 11.5 Å². The SMILES string of the molecule is COc1ccc2c(c1)C(NC(=O)CN(c1ccc(I)cc1)S(=O)(=O)c1ccccc1)CC(C)(C)O2. The van der Waals surface area contributed by atoms with Crippen molar-refractivity contribution in [3.05, 3.63) is 81.9 Å². The molecular weight excluding hydrogens is 579 g/mol. The maximum Gasteiger partial charge on any atom is 0.264 e. The number of amides is 1. The van der Waals surface area contributed by atoms with E-state index in [2.05, 4.69) is 27.9 Å². The van der Waals surface area contributed by atoms with E-state index < -0.39 is 21.5 Å². The van der Waals surface area contributed by atoms with Crippen molar-refractivity contribution >= 4 is 44.2 Å². The summed E-state index contributed by atoms with van der Waals surface area (Å²) in [7, 11) is -2.39. The molecular formula is C26H27IN2O5S. The Morgan fingerprint density at radius 3 is 2.46 bits per heavy atom. The van der Waals surface area contributed by atoms with Crippen LogP contribution in [0.2, 0.25) is 0 Å². The van der Waals surface area contributed by atoms with Gasteiger partial charge >= 0.3 is 0 Å². The lowest BCUT2D eigenvalue weighted by Crippen LogP contribution is -2.45.